The third kappa shape index (κ3) is 3.87. The van der Waals surface area contributed by atoms with Gasteiger partial charge in [-0.3, -0.25) is 4.98 Å². The minimum atomic E-state index is -3.96. The number of hydrogen-bond donors (Lipinski definition) is 2. The van der Waals surface area contributed by atoms with Crippen molar-refractivity contribution < 1.29 is 21.6 Å². The van der Waals surface area contributed by atoms with E-state index in [4.69, 9.17) is 0 Å². The largest absolute Gasteiger partial charge is 0.353 e. The Morgan fingerprint density at radius 1 is 1.03 bits per heavy atom. The van der Waals surface area contributed by atoms with Crippen LogP contribution in [-0.4, -0.2) is 24.4 Å². The molecule has 0 fully saturated rings. The second-order valence-corrected chi connectivity index (χ2v) is 8.59. The molecule has 4 aromatic rings. The number of hydrogen-bond acceptors (Lipinski definition) is 5. The molecule has 31 heavy (non-hydrogen) atoms. The molecule has 2 aromatic carbocycles. The average molecular weight is 446 g/mol. The standard InChI is InChI=1S/C21H17F3N4O2S/c1-25-10-13-12-28(31(29,30)15-3-2-6-26-11-15)21-7-14(4-5-16(13)21)27-20-9-18(23)17(22)8-19(20)24/h2-9,11-12,25,27H,10H2,1H3. The number of aromatic nitrogens is 2. The van der Waals surface area contributed by atoms with Gasteiger partial charge in [0.25, 0.3) is 10.0 Å². The maximum Gasteiger partial charge on any atom is 0.269 e. The Morgan fingerprint density at radius 3 is 2.52 bits per heavy atom. The number of pyridine rings is 1. The molecule has 0 aliphatic rings. The quantitative estimate of drug-likeness (QED) is 0.435. The number of benzene rings is 2. The minimum absolute atomic E-state index is 0.00733. The van der Waals surface area contributed by atoms with Crippen molar-refractivity contribution in [2.45, 2.75) is 11.4 Å². The summed E-state index contributed by atoms with van der Waals surface area (Å²) < 4.78 is 68.3. The lowest BCUT2D eigenvalue weighted by Gasteiger charge is -2.11. The molecular weight excluding hydrogens is 429 g/mol. The number of nitrogens with one attached hydrogen (secondary N) is 2. The fourth-order valence-corrected chi connectivity index (χ4v) is 4.61. The molecule has 0 radical (unpaired) electrons. The normalized spacial score (nSPS) is 11.7. The zero-order valence-electron chi connectivity index (χ0n) is 16.2. The van der Waals surface area contributed by atoms with Crippen molar-refractivity contribution >= 4 is 32.3 Å². The molecule has 0 aliphatic heterocycles. The Morgan fingerprint density at radius 2 is 1.81 bits per heavy atom. The Bertz CT molecular complexity index is 1370. The van der Waals surface area contributed by atoms with Crippen molar-refractivity contribution in [2.75, 3.05) is 12.4 Å². The second-order valence-electron chi connectivity index (χ2n) is 6.78. The molecule has 0 spiro atoms. The molecule has 0 bridgehead atoms. The number of rotatable bonds is 6. The Hall–Kier alpha value is -3.37. The molecule has 4 rings (SSSR count). The van der Waals surface area contributed by atoms with Gasteiger partial charge < -0.3 is 10.6 Å². The van der Waals surface area contributed by atoms with E-state index in [1.54, 1.807) is 19.2 Å². The maximum absolute atomic E-state index is 14.0. The molecule has 2 N–H and O–H groups in total. The van der Waals surface area contributed by atoms with Crippen LogP contribution in [0.3, 0.4) is 0 Å². The van der Waals surface area contributed by atoms with Crippen LogP contribution in [0.25, 0.3) is 10.9 Å². The smallest absolute Gasteiger partial charge is 0.269 e. The SMILES string of the molecule is CNCc1cn(S(=O)(=O)c2cccnc2)c2cc(Nc3cc(F)c(F)cc3F)ccc12. The highest BCUT2D eigenvalue weighted by Gasteiger charge is 2.22. The van der Waals surface area contributed by atoms with Gasteiger partial charge in [-0.25, -0.2) is 25.6 Å². The van der Waals surface area contributed by atoms with Gasteiger partial charge >= 0.3 is 0 Å². The summed E-state index contributed by atoms with van der Waals surface area (Å²) in [6.45, 7) is 0.413. The van der Waals surface area contributed by atoms with Gasteiger partial charge in [-0.15, -0.1) is 0 Å². The van der Waals surface area contributed by atoms with E-state index < -0.39 is 27.5 Å². The lowest BCUT2D eigenvalue weighted by molar-refractivity contribution is 0.496. The number of nitrogens with zero attached hydrogens (tertiary/aromatic N) is 2. The predicted octanol–water partition coefficient (Wildman–Crippen LogP) is 4.15. The summed E-state index contributed by atoms with van der Waals surface area (Å²) in [5.41, 5.74) is 1.09. The van der Waals surface area contributed by atoms with Crippen LogP contribution < -0.4 is 10.6 Å². The van der Waals surface area contributed by atoms with Crippen molar-refractivity contribution in [2.24, 2.45) is 0 Å². The van der Waals surface area contributed by atoms with E-state index in [0.29, 0.717) is 35.3 Å². The molecule has 160 valence electrons. The van der Waals surface area contributed by atoms with Crippen LogP contribution in [0.1, 0.15) is 5.56 Å². The summed E-state index contributed by atoms with van der Waals surface area (Å²) in [5.74, 6) is -3.48. The molecule has 0 unspecified atom stereocenters. The summed E-state index contributed by atoms with van der Waals surface area (Å²) in [4.78, 5) is 3.88. The van der Waals surface area contributed by atoms with Crippen LogP contribution in [0.5, 0.6) is 0 Å². The second kappa shape index (κ2) is 8.05. The first-order valence-corrected chi connectivity index (χ1v) is 10.6. The molecular formula is C21H17F3N4O2S. The Kier molecular flexibility index (Phi) is 5.42. The van der Waals surface area contributed by atoms with Gasteiger partial charge in [0.15, 0.2) is 11.6 Å². The molecule has 0 saturated heterocycles. The van der Waals surface area contributed by atoms with Gasteiger partial charge in [0, 0.05) is 48.3 Å². The lowest BCUT2D eigenvalue weighted by Crippen LogP contribution is -2.12. The fourth-order valence-electron chi connectivity index (χ4n) is 3.26. The zero-order valence-corrected chi connectivity index (χ0v) is 17.1. The summed E-state index contributed by atoms with van der Waals surface area (Å²) in [6.07, 6.45) is 4.22. The van der Waals surface area contributed by atoms with Gasteiger partial charge in [-0.05, 0) is 36.9 Å². The molecule has 0 saturated carbocycles. The topological polar surface area (TPSA) is 76.0 Å². The summed E-state index contributed by atoms with van der Waals surface area (Å²) in [7, 11) is -2.22. The van der Waals surface area contributed by atoms with E-state index in [2.05, 4.69) is 15.6 Å². The van der Waals surface area contributed by atoms with Crippen LogP contribution in [0.15, 0.2) is 66.0 Å². The number of fused-ring (bicyclic) bond motifs is 1. The third-order valence-electron chi connectivity index (χ3n) is 4.70. The lowest BCUT2D eigenvalue weighted by atomic mass is 10.1. The average Bonchev–Trinajstić information content (AvgIpc) is 3.11. The van der Waals surface area contributed by atoms with Crippen LogP contribution in [0.2, 0.25) is 0 Å². The van der Waals surface area contributed by atoms with Crippen LogP contribution in [0, 0.1) is 17.5 Å². The van der Waals surface area contributed by atoms with Gasteiger partial charge in [-0.2, -0.15) is 0 Å². The highest BCUT2D eigenvalue weighted by atomic mass is 32.2. The highest BCUT2D eigenvalue weighted by Crippen LogP contribution is 2.30. The van der Waals surface area contributed by atoms with E-state index in [-0.39, 0.29) is 10.6 Å². The molecule has 10 heteroatoms. The first-order chi connectivity index (χ1) is 14.8. The van der Waals surface area contributed by atoms with Crippen molar-refractivity contribution in [3.63, 3.8) is 0 Å². The Labute approximate surface area is 176 Å². The fraction of sp³-hybridized carbons (Fsp3) is 0.0952. The van der Waals surface area contributed by atoms with Gasteiger partial charge in [-0.1, -0.05) is 6.07 Å². The maximum atomic E-state index is 14.0. The van der Waals surface area contributed by atoms with Crippen molar-refractivity contribution in [1.29, 1.82) is 0 Å². The number of anilines is 2. The first-order valence-electron chi connectivity index (χ1n) is 9.17. The highest BCUT2D eigenvalue weighted by molar-refractivity contribution is 7.90. The zero-order chi connectivity index (χ0) is 22.2. The van der Waals surface area contributed by atoms with Crippen molar-refractivity contribution in [3.8, 4) is 0 Å². The van der Waals surface area contributed by atoms with Gasteiger partial charge in [0.2, 0.25) is 0 Å². The van der Waals surface area contributed by atoms with E-state index in [1.807, 2.05) is 0 Å². The Balaban J connectivity index is 1.85. The monoisotopic (exact) mass is 446 g/mol. The summed E-state index contributed by atoms with van der Waals surface area (Å²) in [5, 5.41) is 6.33. The number of halogens is 3. The minimum Gasteiger partial charge on any atom is -0.353 e. The van der Waals surface area contributed by atoms with E-state index >= 15 is 0 Å². The first kappa shape index (κ1) is 20.9. The molecule has 2 heterocycles. The molecule has 0 atom stereocenters. The third-order valence-corrected chi connectivity index (χ3v) is 6.36. The van der Waals surface area contributed by atoms with Crippen LogP contribution in [0.4, 0.5) is 24.5 Å². The molecule has 0 aliphatic carbocycles. The summed E-state index contributed by atoms with van der Waals surface area (Å²) >= 11 is 0. The predicted molar refractivity (Wildman–Crippen MR) is 111 cm³/mol. The van der Waals surface area contributed by atoms with Crippen LogP contribution in [-0.2, 0) is 16.6 Å². The van der Waals surface area contributed by atoms with Crippen LogP contribution >= 0.6 is 0 Å². The van der Waals surface area contributed by atoms with E-state index in [9.17, 15) is 21.6 Å². The van der Waals surface area contributed by atoms with Gasteiger partial charge in [0.1, 0.15) is 10.7 Å². The summed E-state index contributed by atoms with van der Waals surface area (Å²) in [6, 6.07) is 8.88. The van der Waals surface area contributed by atoms with Crippen molar-refractivity contribution in [3.05, 3.63) is 84.1 Å². The van der Waals surface area contributed by atoms with E-state index in [0.717, 1.165) is 9.54 Å². The molecule has 2 aromatic heterocycles. The van der Waals surface area contributed by atoms with Gasteiger partial charge in [0.05, 0.1) is 11.2 Å². The molecule has 0 amide bonds. The van der Waals surface area contributed by atoms with E-state index in [1.165, 1.54) is 36.8 Å². The van der Waals surface area contributed by atoms with Crippen molar-refractivity contribution in [1.82, 2.24) is 14.3 Å². The molecule has 6 nitrogen and oxygen atoms in total.